The van der Waals surface area contributed by atoms with Gasteiger partial charge in [-0.05, 0) is 17.7 Å². The van der Waals surface area contributed by atoms with Gasteiger partial charge < -0.3 is 9.90 Å². The van der Waals surface area contributed by atoms with Crippen molar-refractivity contribution in [1.29, 1.82) is 0 Å². The smallest absolute Gasteiger partial charge is 0.0893 e. The summed E-state index contributed by atoms with van der Waals surface area (Å²) in [6, 6.07) is 4.50. The SMILES string of the molecule is O=C([O-])c1ccc2nccnc2c1. The Morgan fingerprint density at radius 2 is 1.85 bits per heavy atom. The van der Waals surface area contributed by atoms with Crippen molar-refractivity contribution in [2.24, 2.45) is 0 Å². The van der Waals surface area contributed by atoms with Crippen molar-refractivity contribution in [1.82, 2.24) is 9.97 Å². The Morgan fingerprint density at radius 1 is 1.15 bits per heavy atom. The molecule has 0 N–H and O–H groups in total. The molecule has 0 saturated carbocycles. The van der Waals surface area contributed by atoms with E-state index in [-0.39, 0.29) is 5.56 Å². The molecule has 0 spiro atoms. The van der Waals surface area contributed by atoms with Crippen LogP contribution in [0.15, 0.2) is 30.6 Å². The fourth-order valence-electron chi connectivity index (χ4n) is 1.09. The predicted octanol–water partition coefficient (Wildman–Crippen LogP) is -0.00670. The van der Waals surface area contributed by atoms with E-state index < -0.39 is 5.97 Å². The van der Waals surface area contributed by atoms with Crippen LogP contribution in [-0.4, -0.2) is 15.9 Å². The molecule has 4 nitrogen and oxygen atoms in total. The summed E-state index contributed by atoms with van der Waals surface area (Å²) in [5.41, 5.74) is 1.35. The highest BCUT2D eigenvalue weighted by atomic mass is 16.4. The fraction of sp³-hybridized carbons (Fsp3) is 0. The zero-order valence-electron chi connectivity index (χ0n) is 6.60. The number of carboxylic acids is 1. The molecule has 0 aliphatic rings. The quantitative estimate of drug-likeness (QED) is 0.608. The number of aromatic nitrogens is 2. The van der Waals surface area contributed by atoms with E-state index in [1.807, 2.05) is 0 Å². The molecule has 64 valence electrons. The molecule has 0 unspecified atom stereocenters. The van der Waals surface area contributed by atoms with Crippen molar-refractivity contribution in [2.45, 2.75) is 0 Å². The second-order valence-electron chi connectivity index (χ2n) is 2.55. The molecule has 1 aromatic carbocycles. The maximum atomic E-state index is 10.5. The lowest BCUT2D eigenvalue weighted by atomic mass is 10.2. The highest BCUT2D eigenvalue weighted by Crippen LogP contribution is 2.09. The van der Waals surface area contributed by atoms with Crippen LogP contribution < -0.4 is 5.11 Å². The summed E-state index contributed by atoms with van der Waals surface area (Å²) in [6.45, 7) is 0. The molecule has 0 radical (unpaired) electrons. The van der Waals surface area contributed by atoms with Crippen molar-refractivity contribution < 1.29 is 9.90 Å². The van der Waals surface area contributed by atoms with Gasteiger partial charge in [0.05, 0.1) is 17.0 Å². The first kappa shape index (κ1) is 7.67. The molecule has 0 amide bonds. The van der Waals surface area contributed by atoms with Crippen LogP contribution in [0.1, 0.15) is 10.4 Å². The highest BCUT2D eigenvalue weighted by molar-refractivity contribution is 5.90. The van der Waals surface area contributed by atoms with Gasteiger partial charge in [-0.15, -0.1) is 0 Å². The first-order valence-electron chi connectivity index (χ1n) is 3.69. The average molecular weight is 173 g/mol. The minimum Gasteiger partial charge on any atom is -0.545 e. The van der Waals surface area contributed by atoms with E-state index in [0.29, 0.717) is 11.0 Å². The Labute approximate surface area is 73.9 Å². The minimum absolute atomic E-state index is 0.119. The molecule has 0 aliphatic heterocycles. The molecule has 1 aromatic heterocycles. The number of nitrogens with zero attached hydrogens (tertiary/aromatic N) is 2. The highest BCUT2D eigenvalue weighted by Gasteiger charge is 1.97. The van der Waals surface area contributed by atoms with Gasteiger partial charge in [-0.1, -0.05) is 6.07 Å². The van der Waals surface area contributed by atoms with E-state index in [2.05, 4.69) is 9.97 Å². The maximum absolute atomic E-state index is 10.5. The van der Waals surface area contributed by atoms with E-state index in [0.717, 1.165) is 0 Å². The normalized spacial score (nSPS) is 10.2. The monoisotopic (exact) mass is 173 g/mol. The van der Waals surface area contributed by atoms with E-state index in [9.17, 15) is 9.90 Å². The summed E-state index contributed by atoms with van der Waals surface area (Å²) < 4.78 is 0. The summed E-state index contributed by atoms with van der Waals surface area (Å²) in [6.07, 6.45) is 3.07. The molecule has 0 saturated heterocycles. The van der Waals surface area contributed by atoms with Gasteiger partial charge in [0.1, 0.15) is 0 Å². The Bertz CT molecular complexity index is 468. The van der Waals surface area contributed by atoms with Crippen LogP contribution in [0.4, 0.5) is 0 Å². The first-order chi connectivity index (χ1) is 6.27. The van der Waals surface area contributed by atoms with Gasteiger partial charge in [0, 0.05) is 12.4 Å². The third-order valence-electron chi connectivity index (χ3n) is 1.71. The Balaban J connectivity index is 2.69. The fourth-order valence-corrected chi connectivity index (χ4v) is 1.09. The summed E-state index contributed by atoms with van der Waals surface area (Å²) in [7, 11) is 0. The third-order valence-corrected chi connectivity index (χ3v) is 1.71. The standard InChI is InChI=1S/C9H6N2O2/c12-9(13)6-1-2-7-8(5-6)11-4-3-10-7/h1-5H,(H,12,13)/p-1. The zero-order chi connectivity index (χ0) is 9.26. The predicted molar refractivity (Wildman–Crippen MR) is 43.9 cm³/mol. The minimum atomic E-state index is -1.20. The van der Waals surface area contributed by atoms with E-state index in [1.54, 1.807) is 12.3 Å². The molecule has 2 rings (SSSR count). The second kappa shape index (κ2) is 2.82. The lowest BCUT2D eigenvalue weighted by Gasteiger charge is -2.02. The van der Waals surface area contributed by atoms with Gasteiger partial charge in [-0.25, -0.2) is 0 Å². The largest absolute Gasteiger partial charge is 0.545 e. The average Bonchev–Trinajstić information content (AvgIpc) is 2.17. The molecule has 1 heterocycles. The van der Waals surface area contributed by atoms with Gasteiger partial charge in [0.15, 0.2) is 0 Å². The van der Waals surface area contributed by atoms with Crippen LogP contribution in [0.3, 0.4) is 0 Å². The number of carbonyl (C=O) groups excluding carboxylic acids is 1. The number of aromatic carboxylic acids is 1. The number of hydrogen-bond acceptors (Lipinski definition) is 4. The summed E-state index contributed by atoms with van der Waals surface area (Å²) in [4.78, 5) is 18.5. The lowest BCUT2D eigenvalue weighted by Crippen LogP contribution is -2.22. The van der Waals surface area contributed by atoms with Gasteiger partial charge in [-0.3, -0.25) is 9.97 Å². The molecule has 2 aromatic rings. The van der Waals surface area contributed by atoms with E-state index in [1.165, 1.54) is 18.3 Å². The topological polar surface area (TPSA) is 65.9 Å². The molecule has 0 fully saturated rings. The van der Waals surface area contributed by atoms with Crippen LogP contribution in [0.2, 0.25) is 0 Å². The Morgan fingerprint density at radius 3 is 2.54 bits per heavy atom. The number of benzene rings is 1. The lowest BCUT2D eigenvalue weighted by molar-refractivity contribution is -0.255. The number of hydrogen-bond donors (Lipinski definition) is 0. The van der Waals surface area contributed by atoms with Gasteiger partial charge in [0.2, 0.25) is 0 Å². The van der Waals surface area contributed by atoms with Gasteiger partial charge in [-0.2, -0.15) is 0 Å². The molecular weight excluding hydrogens is 168 g/mol. The molecular formula is C9H5N2O2-. The van der Waals surface area contributed by atoms with Gasteiger partial charge in [0.25, 0.3) is 0 Å². The summed E-state index contributed by atoms with van der Waals surface area (Å²) in [5, 5.41) is 10.5. The van der Waals surface area contributed by atoms with E-state index in [4.69, 9.17) is 0 Å². The zero-order valence-corrected chi connectivity index (χ0v) is 6.60. The Kier molecular flexibility index (Phi) is 1.66. The Hall–Kier alpha value is -1.97. The number of carboxylic acid groups (broad SMARTS) is 1. The number of rotatable bonds is 1. The van der Waals surface area contributed by atoms with Crippen molar-refractivity contribution in [3.63, 3.8) is 0 Å². The number of carbonyl (C=O) groups is 1. The maximum Gasteiger partial charge on any atom is 0.0893 e. The van der Waals surface area contributed by atoms with Gasteiger partial charge >= 0.3 is 0 Å². The first-order valence-corrected chi connectivity index (χ1v) is 3.69. The summed E-state index contributed by atoms with van der Waals surface area (Å²) in [5.74, 6) is -1.20. The van der Waals surface area contributed by atoms with Crippen molar-refractivity contribution in [3.8, 4) is 0 Å². The third kappa shape index (κ3) is 1.33. The molecule has 13 heavy (non-hydrogen) atoms. The molecule has 0 atom stereocenters. The van der Waals surface area contributed by atoms with Crippen LogP contribution in [0.5, 0.6) is 0 Å². The van der Waals surface area contributed by atoms with Crippen LogP contribution in [-0.2, 0) is 0 Å². The van der Waals surface area contributed by atoms with Crippen molar-refractivity contribution >= 4 is 17.0 Å². The number of fused-ring (bicyclic) bond motifs is 1. The van der Waals surface area contributed by atoms with Crippen LogP contribution >= 0.6 is 0 Å². The molecule has 0 aliphatic carbocycles. The van der Waals surface area contributed by atoms with E-state index >= 15 is 0 Å². The summed E-state index contributed by atoms with van der Waals surface area (Å²) >= 11 is 0. The van der Waals surface area contributed by atoms with Crippen molar-refractivity contribution in [3.05, 3.63) is 36.2 Å². The van der Waals surface area contributed by atoms with Crippen LogP contribution in [0.25, 0.3) is 11.0 Å². The molecule has 0 bridgehead atoms. The van der Waals surface area contributed by atoms with Crippen LogP contribution in [0, 0.1) is 0 Å². The van der Waals surface area contributed by atoms with Crippen molar-refractivity contribution in [2.75, 3.05) is 0 Å². The second-order valence-corrected chi connectivity index (χ2v) is 2.55. The molecule has 4 heteroatoms.